The third kappa shape index (κ3) is 4.00. The zero-order valence-corrected chi connectivity index (χ0v) is 12.2. The second-order valence-corrected chi connectivity index (χ2v) is 5.40. The average molecular weight is 303 g/mol. The van der Waals surface area contributed by atoms with E-state index in [1.165, 1.54) is 0 Å². The van der Waals surface area contributed by atoms with Gasteiger partial charge in [0.1, 0.15) is 11.6 Å². The molecule has 0 amide bonds. The molecule has 4 nitrogen and oxygen atoms in total. The lowest BCUT2D eigenvalue weighted by molar-refractivity contribution is -0.137. The third-order valence-electron chi connectivity index (χ3n) is 3.79. The maximum Gasteiger partial charge on any atom is 0.416 e. The van der Waals surface area contributed by atoms with Crippen molar-refractivity contribution in [3.8, 4) is 0 Å². The van der Waals surface area contributed by atoms with Crippen LogP contribution >= 0.6 is 0 Å². The summed E-state index contributed by atoms with van der Waals surface area (Å²) in [6.45, 7) is 2.92. The van der Waals surface area contributed by atoms with Gasteiger partial charge in [-0.15, -0.1) is 0 Å². The highest BCUT2D eigenvalue weighted by Crippen LogP contribution is 2.38. The van der Waals surface area contributed by atoms with Crippen LogP contribution in [0.2, 0.25) is 0 Å². The highest BCUT2D eigenvalue weighted by molar-refractivity contribution is 5.50. The minimum atomic E-state index is -4.43. The van der Waals surface area contributed by atoms with Crippen molar-refractivity contribution in [1.82, 2.24) is 4.98 Å². The Bertz CT molecular complexity index is 489. The molecule has 21 heavy (non-hydrogen) atoms. The molecular weight excluding hydrogens is 283 g/mol. The van der Waals surface area contributed by atoms with E-state index in [4.69, 9.17) is 10.5 Å². The number of nitrogens with two attached hydrogens (primary N) is 1. The highest BCUT2D eigenvalue weighted by atomic mass is 19.4. The van der Waals surface area contributed by atoms with Crippen LogP contribution in [-0.2, 0) is 10.9 Å². The Morgan fingerprint density at radius 3 is 2.62 bits per heavy atom. The van der Waals surface area contributed by atoms with E-state index >= 15 is 0 Å². The van der Waals surface area contributed by atoms with Crippen molar-refractivity contribution in [2.75, 3.05) is 30.9 Å². The first kappa shape index (κ1) is 15.9. The van der Waals surface area contributed by atoms with E-state index < -0.39 is 11.7 Å². The molecule has 1 heterocycles. The van der Waals surface area contributed by atoms with Crippen LogP contribution in [0.25, 0.3) is 0 Å². The largest absolute Gasteiger partial charge is 0.416 e. The van der Waals surface area contributed by atoms with Crippen LogP contribution in [0.3, 0.4) is 0 Å². The van der Waals surface area contributed by atoms with Crippen LogP contribution in [0, 0.1) is 5.92 Å². The number of nitrogens with zero attached hydrogens (tertiary/aromatic N) is 2. The number of anilines is 2. The Labute approximate surface area is 122 Å². The molecule has 0 radical (unpaired) electrons. The van der Waals surface area contributed by atoms with Crippen molar-refractivity contribution >= 4 is 11.6 Å². The Balaban J connectivity index is 2.31. The minimum Gasteiger partial charge on any atom is -0.384 e. The van der Waals surface area contributed by atoms with E-state index in [0.717, 1.165) is 25.0 Å². The summed E-state index contributed by atoms with van der Waals surface area (Å²) >= 11 is 0. The lowest BCUT2D eigenvalue weighted by atomic mass is 10.1. The van der Waals surface area contributed by atoms with Crippen molar-refractivity contribution in [3.63, 3.8) is 0 Å². The molecule has 1 saturated carbocycles. The summed E-state index contributed by atoms with van der Waals surface area (Å²) in [5, 5.41) is 0. The molecule has 0 aromatic carbocycles. The number of hydrogen-bond acceptors (Lipinski definition) is 4. The fraction of sp³-hybridized carbons (Fsp3) is 0.643. The van der Waals surface area contributed by atoms with Gasteiger partial charge < -0.3 is 15.4 Å². The molecule has 2 N–H and O–H groups in total. The van der Waals surface area contributed by atoms with Gasteiger partial charge >= 0.3 is 6.18 Å². The number of pyridine rings is 1. The van der Waals surface area contributed by atoms with E-state index in [2.05, 4.69) is 4.98 Å². The van der Waals surface area contributed by atoms with E-state index in [9.17, 15) is 13.2 Å². The number of ether oxygens (including phenoxy) is 1. The third-order valence-corrected chi connectivity index (χ3v) is 3.79. The van der Waals surface area contributed by atoms with E-state index in [0.29, 0.717) is 19.1 Å². The van der Waals surface area contributed by atoms with Gasteiger partial charge in [-0.2, -0.15) is 13.2 Å². The van der Waals surface area contributed by atoms with Crippen LogP contribution in [0.5, 0.6) is 0 Å². The lowest BCUT2D eigenvalue weighted by Crippen LogP contribution is -2.38. The predicted molar refractivity (Wildman–Crippen MR) is 75.1 cm³/mol. The molecule has 1 aliphatic carbocycles. The van der Waals surface area contributed by atoms with Gasteiger partial charge in [0.25, 0.3) is 0 Å². The molecule has 1 fully saturated rings. The van der Waals surface area contributed by atoms with Crippen LogP contribution in [0.1, 0.15) is 25.3 Å². The number of nitrogen functional groups attached to an aromatic ring is 1. The van der Waals surface area contributed by atoms with E-state index in [1.807, 2.05) is 11.8 Å². The predicted octanol–water partition coefficient (Wildman–Crippen LogP) is 2.93. The first-order chi connectivity index (χ1) is 9.82. The van der Waals surface area contributed by atoms with Gasteiger partial charge in [-0.1, -0.05) is 0 Å². The number of methoxy groups -OCH3 is 1. The molecule has 0 spiro atoms. The lowest BCUT2D eigenvalue weighted by Gasteiger charge is -2.31. The van der Waals surface area contributed by atoms with Crippen molar-refractivity contribution in [1.29, 1.82) is 0 Å². The number of hydrogen-bond donors (Lipinski definition) is 1. The average Bonchev–Trinajstić information content (AvgIpc) is 3.21. The van der Waals surface area contributed by atoms with Crippen molar-refractivity contribution in [2.24, 2.45) is 5.92 Å². The van der Waals surface area contributed by atoms with Gasteiger partial charge in [0, 0.05) is 19.7 Å². The maximum atomic E-state index is 12.9. The summed E-state index contributed by atoms with van der Waals surface area (Å²) in [5.74, 6) is 0.642. The molecule has 1 atom stereocenters. The normalized spacial score (nSPS) is 16.8. The fourth-order valence-corrected chi connectivity index (χ4v) is 2.40. The molecule has 1 unspecified atom stereocenters. The topological polar surface area (TPSA) is 51.4 Å². The quantitative estimate of drug-likeness (QED) is 0.878. The van der Waals surface area contributed by atoms with Gasteiger partial charge in [-0.3, -0.25) is 0 Å². The molecule has 1 aromatic rings. The zero-order valence-electron chi connectivity index (χ0n) is 12.2. The van der Waals surface area contributed by atoms with Crippen LogP contribution in [0.15, 0.2) is 12.1 Å². The highest BCUT2D eigenvalue weighted by Gasteiger charge is 2.35. The molecule has 1 aromatic heterocycles. The second-order valence-electron chi connectivity index (χ2n) is 5.40. The van der Waals surface area contributed by atoms with E-state index in [1.54, 1.807) is 7.11 Å². The van der Waals surface area contributed by atoms with Gasteiger partial charge in [0.15, 0.2) is 0 Å². The minimum absolute atomic E-state index is 0.120. The summed E-state index contributed by atoms with van der Waals surface area (Å²) < 4.78 is 43.8. The van der Waals surface area contributed by atoms with Gasteiger partial charge in [0.05, 0.1) is 12.2 Å². The van der Waals surface area contributed by atoms with Crippen molar-refractivity contribution < 1.29 is 17.9 Å². The van der Waals surface area contributed by atoms with Crippen LogP contribution < -0.4 is 10.6 Å². The SMILES string of the molecule is COCCN(c1cc(C(F)(F)F)cc(N)n1)C(C)C1CC1. The first-order valence-electron chi connectivity index (χ1n) is 6.93. The summed E-state index contributed by atoms with van der Waals surface area (Å²) in [4.78, 5) is 5.93. The fourth-order valence-electron chi connectivity index (χ4n) is 2.40. The molecule has 0 aliphatic heterocycles. The second kappa shape index (κ2) is 6.09. The summed E-state index contributed by atoms with van der Waals surface area (Å²) in [6.07, 6.45) is -2.24. The smallest absolute Gasteiger partial charge is 0.384 e. The van der Waals surface area contributed by atoms with Gasteiger partial charge in [-0.05, 0) is 37.8 Å². The molecule has 7 heteroatoms. The standard InChI is InChI=1S/C14H20F3N3O/c1-9(10-3-4-10)20(5-6-21-2)13-8-11(14(15,16)17)7-12(18)19-13/h7-10H,3-6H2,1-2H3,(H2,18,19). The molecule has 2 rings (SSSR count). The number of rotatable bonds is 6. The number of halogens is 3. The maximum absolute atomic E-state index is 12.9. The van der Waals surface area contributed by atoms with Gasteiger partial charge in [-0.25, -0.2) is 4.98 Å². The Morgan fingerprint density at radius 2 is 2.10 bits per heavy atom. The van der Waals surface area contributed by atoms with Crippen LogP contribution in [-0.4, -0.2) is 31.3 Å². The van der Waals surface area contributed by atoms with E-state index in [-0.39, 0.29) is 17.7 Å². The zero-order chi connectivity index (χ0) is 15.6. The molecule has 118 valence electrons. The first-order valence-corrected chi connectivity index (χ1v) is 6.93. The molecular formula is C14H20F3N3O. The molecule has 1 aliphatic rings. The summed E-state index contributed by atoms with van der Waals surface area (Å²) in [5.41, 5.74) is 4.78. The van der Waals surface area contributed by atoms with Crippen molar-refractivity contribution in [3.05, 3.63) is 17.7 Å². The van der Waals surface area contributed by atoms with Gasteiger partial charge in [0.2, 0.25) is 0 Å². The number of alkyl halides is 3. The molecule has 0 bridgehead atoms. The van der Waals surface area contributed by atoms with Crippen molar-refractivity contribution in [2.45, 2.75) is 32.0 Å². The monoisotopic (exact) mass is 303 g/mol. The number of aromatic nitrogens is 1. The Hall–Kier alpha value is -1.50. The summed E-state index contributed by atoms with van der Waals surface area (Å²) in [6, 6.07) is 2.04. The van der Waals surface area contributed by atoms with Crippen LogP contribution in [0.4, 0.5) is 24.8 Å². The summed E-state index contributed by atoms with van der Waals surface area (Å²) in [7, 11) is 1.56. The Kier molecular flexibility index (Phi) is 4.61. The Morgan fingerprint density at radius 1 is 1.43 bits per heavy atom. The molecule has 0 saturated heterocycles.